The second kappa shape index (κ2) is 10.2. The maximum atomic E-state index is 13.4. The highest BCUT2D eigenvalue weighted by molar-refractivity contribution is 6.30. The summed E-state index contributed by atoms with van der Waals surface area (Å²) in [6.45, 7) is 5.78. The number of amides is 2. The quantitative estimate of drug-likeness (QED) is 0.525. The Bertz CT molecular complexity index is 1280. The number of hydrogen-bond acceptors (Lipinski definition) is 5. The van der Waals surface area contributed by atoms with Crippen LogP contribution in [0.5, 0.6) is 11.5 Å². The molecule has 0 aliphatic carbocycles. The lowest BCUT2D eigenvalue weighted by atomic mass is 10.1. The first-order valence-electron chi connectivity index (χ1n) is 12.0. The van der Waals surface area contributed by atoms with Crippen molar-refractivity contribution >= 4 is 34.2 Å². The van der Waals surface area contributed by atoms with E-state index in [2.05, 4.69) is 22.1 Å². The van der Waals surface area contributed by atoms with Crippen LogP contribution in [0.2, 0.25) is 5.02 Å². The van der Waals surface area contributed by atoms with E-state index in [0.29, 0.717) is 53.0 Å². The maximum absolute atomic E-state index is 13.4. The summed E-state index contributed by atoms with van der Waals surface area (Å²) in [5.74, 6) is 1.28. The lowest BCUT2D eigenvalue weighted by Gasteiger charge is -2.30. The number of aromatic amines is 1. The number of likely N-dealkylation sites (tertiary alicyclic amines) is 1. The fourth-order valence-electron chi connectivity index (χ4n) is 4.84. The van der Waals surface area contributed by atoms with Crippen LogP contribution in [-0.2, 0) is 6.54 Å². The Morgan fingerprint density at radius 3 is 2.66 bits per heavy atom. The molecule has 1 atom stereocenters. The van der Waals surface area contributed by atoms with Crippen LogP contribution in [0.1, 0.15) is 25.3 Å². The van der Waals surface area contributed by atoms with Gasteiger partial charge in [-0.2, -0.15) is 0 Å². The van der Waals surface area contributed by atoms with E-state index >= 15 is 0 Å². The number of anilines is 1. The number of halogens is 1. The Balaban J connectivity index is 1.43. The number of hydrogen-bond donors (Lipinski definition) is 2. The topological polar surface area (TPSA) is 86.9 Å². The van der Waals surface area contributed by atoms with E-state index in [1.807, 2.05) is 12.1 Å². The Morgan fingerprint density at radius 1 is 1.17 bits per heavy atom. The summed E-state index contributed by atoms with van der Waals surface area (Å²) in [6.07, 6.45) is 2.13. The van der Waals surface area contributed by atoms with Crippen molar-refractivity contribution < 1.29 is 14.3 Å². The molecular weight excluding hydrogens is 468 g/mol. The molecule has 0 saturated carbocycles. The van der Waals surface area contributed by atoms with Crippen LogP contribution in [0.25, 0.3) is 10.9 Å². The van der Waals surface area contributed by atoms with Gasteiger partial charge in [0.15, 0.2) is 11.5 Å². The van der Waals surface area contributed by atoms with E-state index in [4.69, 9.17) is 21.1 Å². The van der Waals surface area contributed by atoms with Crippen molar-refractivity contribution in [1.82, 2.24) is 14.8 Å². The predicted octanol–water partition coefficient (Wildman–Crippen LogP) is 4.47. The molecule has 8 nitrogen and oxygen atoms in total. The molecule has 1 saturated heterocycles. The van der Waals surface area contributed by atoms with Crippen LogP contribution in [0.15, 0.2) is 47.3 Å². The van der Waals surface area contributed by atoms with Gasteiger partial charge >= 0.3 is 6.03 Å². The molecule has 1 fully saturated rings. The number of carbonyl (C=O) groups is 1. The molecule has 0 unspecified atom stereocenters. The molecule has 2 aliphatic rings. The standard InChI is InChI=1S/C26H29ClN4O4/c1-2-30-9-3-4-21(30)16-31(26(33)28-20-7-5-19(27)6-8-20)15-18-12-17-13-23-24(35-11-10-34-23)14-22(17)29-25(18)32/h5-8,12-14,21H,2-4,9-11,15-16H2,1H3,(H,28,33)(H,29,32)/t21-/m1/s1. The van der Waals surface area contributed by atoms with Gasteiger partial charge in [-0.1, -0.05) is 18.5 Å². The highest BCUT2D eigenvalue weighted by Crippen LogP contribution is 2.33. The summed E-state index contributed by atoms with van der Waals surface area (Å²) in [4.78, 5) is 33.4. The predicted molar refractivity (Wildman–Crippen MR) is 137 cm³/mol. The average molecular weight is 497 g/mol. The molecular formula is C26H29ClN4O4. The van der Waals surface area contributed by atoms with Crippen molar-refractivity contribution in [3.63, 3.8) is 0 Å². The third-order valence-corrected chi connectivity index (χ3v) is 6.92. The summed E-state index contributed by atoms with van der Waals surface area (Å²) in [7, 11) is 0. The lowest BCUT2D eigenvalue weighted by Crippen LogP contribution is -2.45. The molecule has 5 rings (SSSR count). The van der Waals surface area contributed by atoms with Crippen LogP contribution in [0.4, 0.5) is 10.5 Å². The van der Waals surface area contributed by atoms with Crippen molar-refractivity contribution in [2.24, 2.45) is 0 Å². The Morgan fingerprint density at radius 2 is 1.91 bits per heavy atom. The van der Waals surface area contributed by atoms with E-state index < -0.39 is 0 Å². The fourth-order valence-corrected chi connectivity index (χ4v) is 4.96. The number of ether oxygens (including phenoxy) is 2. The largest absolute Gasteiger partial charge is 0.486 e. The average Bonchev–Trinajstić information content (AvgIpc) is 3.31. The first kappa shape index (κ1) is 23.5. The van der Waals surface area contributed by atoms with Crippen LogP contribution in [-0.4, -0.2) is 59.7 Å². The number of carbonyl (C=O) groups excluding carboxylic acids is 1. The van der Waals surface area contributed by atoms with Gasteiger partial charge in [0, 0.05) is 40.3 Å². The number of urea groups is 1. The van der Waals surface area contributed by atoms with Crippen molar-refractivity contribution in [2.45, 2.75) is 32.4 Å². The van der Waals surface area contributed by atoms with Crippen LogP contribution in [0, 0.1) is 0 Å². The molecule has 0 radical (unpaired) electrons. The van der Waals surface area contributed by atoms with E-state index in [0.717, 1.165) is 31.3 Å². The molecule has 2 N–H and O–H groups in total. The molecule has 3 heterocycles. The van der Waals surface area contributed by atoms with Gasteiger partial charge in [0.1, 0.15) is 13.2 Å². The minimum absolute atomic E-state index is 0.188. The molecule has 9 heteroatoms. The molecule has 3 aromatic rings. The maximum Gasteiger partial charge on any atom is 0.322 e. The van der Waals surface area contributed by atoms with E-state index in [1.165, 1.54) is 0 Å². The summed E-state index contributed by atoms with van der Waals surface area (Å²) in [5.41, 5.74) is 1.62. The summed E-state index contributed by atoms with van der Waals surface area (Å²) >= 11 is 5.99. The third kappa shape index (κ3) is 5.23. The van der Waals surface area contributed by atoms with Crippen LogP contribution < -0.4 is 20.3 Å². The van der Waals surface area contributed by atoms with E-state index in [-0.39, 0.29) is 24.2 Å². The van der Waals surface area contributed by atoms with Gasteiger partial charge in [0.25, 0.3) is 5.56 Å². The van der Waals surface area contributed by atoms with Crippen LogP contribution in [0.3, 0.4) is 0 Å². The zero-order chi connectivity index (χ0) is 24.4. The Kier molecular flexibility index (Phi) is 6.83. The number of likely N-dealkylation sites (N-methyl/N-ethyl adjacent to an activating group) is 1. The molecule has 2 aromatic carbocycles. The van der Waals surface area contributed by atoms with Crippen molar-refractivity contribution in [2.75, 3.05) is 38.2 Å². The van der Waals surface area contributed by atoms with Crippen molar-refractivity contribution in [1.29, 1.82) is 0 Å². The number of nitrogens with one attached hydrogen (secondary N) is 2. The van der Waals surface area contributed by atoms with Gasteiger partial charge in [-0.15, -0.1) is 0 Å². The number of rotatable bonds is 6. The van der Waals surface area contributed by atoms with Crippen molar-refractivity contribution in [3.8, 4) is 11.5 Å². The molecule has 184 valence electrons. The normalized spacial score (nSPS) is 17.5. The van der Waals surface area contributed by atoms with Gasteiger partial charge in [-0.25, -0.2) is 4.79 Å². The van der Waals surface area contributed by atoms with Gasteiger partial charge in [0.2, 0.25) is 0 Å². The monoisotopic (exact) mass is 496 g/mol. The molecule has 2 aliphatic heterocycles. The number of aromatic nitrogens is 1. The minimum atomic E-state index is -0.253. The first-order valence-corrected chi connectivity index (χ1v) is 12.4. The van der Waals surface area contributed by atoms with Gasteiger partial charge in [0.05, 0.1) is 12.1 Å². The van der Waals surface area contributed by atoms with E-state index in [9.17, 15) is 9.59 Å². The highest BCUT2D eigenvalue weighted by Gasteiger charge is 2.28. The third-order valence-electron chi connectivity index (χ3n) is 6.66. The second-order valence-corrected chi connectivity index (χ2v) is 9.39. The lowest BCUT2D eigenvalue weighted by molar-refractivity contribution is 0.172. The van der Waals surface area contributed by atoms with Gasteiger partial charge in [-0.3, -0.25) is 9.69 Å². The SMILES string of the molecule is CCN1CCC[C@@H]1CN(Cc1cc2cc3c(cc2[nH]c1=O)OCCO3)C(=O)Nc1ccc(Cl)cc1. The molecule has 0 spiro atoms. The first-order chi connectivity index (χ1) is 17.0. The Labute approximate surface area is 208 Å². The Hall–Kier alpha value is -3.23. The number of pyridine rings is 1. The minimum Gasteiger partial charge on any atom is -0.486 e. The smallest absolute Gasteiger partial charge is 0.322 e. The number of H-pyrrole nitrogens is 1. The second-order valence-electron chi connectivity index (χ2n) is 8.95. The molecule has 0 bridgehead atoms. The van der Waals surface area contributed by atoms with Gasteiger partial charge in [-0.05, 0) is 62.3 Å². The zero-order valence-corrected chi connectivity index (χ0v) is 20.4. The fraction of sp³-hybridized carbons (Fsp3) is 0.385. The molecule has 35 heavy (non-hydrogen) atoms. The van der Waals surface area contributed by atoms with Crippen LogP contribution >= 0.6 is 11.6 Å². The van der Waals surface area contributed by atoms with Gasteiger partial charge < -0.3 is 24.7 Å². The van der Waals surface area contributed by atoms with E-state index in [1.54, 1.807) is 35.2 Å². The summed E-state index contributed by atoms with van der Waals surface area (Å²) in [6, 6.07) is 12.5. The van der Waals surface area contributed by atoms with Crippen molar-refractivity contribution in [3.05, 3.63) is 63.4 Å². The number of fused-ring (bicyclic) bond motifs is 2. The number of benzene rings is 2. The zero-order valence-electron chi connectivity index (χ0n) is 19.7. The number of nitrogens with zero attached hydrogens (tertiary/aromatic N) is 2. The molecule has 2 amide bonds. The molecule has 1 aromatic heterocycles. The summed E-state index contributed by atoms with van der Waals surface area (Å²) in [5, 5.41) is 4.39. The summed E-state index contributed by atoms with van der Waals surface area (Å²) < 4.78 is 11.3. The highest BCUT2D eigenvalue weighted by atomic mass is 35.5.